The maximum Gasteiger partial charge on any atom is 0.333 e. The van der Waals surface area contributed by atoms with Crippen molar-refractivity contribution >= 4 is 11.9 Å². The fraction of sp³-hybridized carbons (Fsp3) is 0.500. The highest BCUT2D eigenvalue weighted by Crippen LogP contribution is 1.89. The van der Waals surface area contributed by atoms with Crippen LogP contribution in [-0.4, -0.2) is 56.8 Å². The van der Waals surface area contributed by atoms with Crippen LogP contribution >= 0.6 is 0 Å². The Morgan fingerprint density at radius 1 is 1.05 bits per heavy atom. The largest absolute Gasteiger partial charge is 0.481 e. The third kappa shape index (κ3) is 29.8. The van der Waals surface area contributed by atoms with Gasteiger partial charge in [-0.05, 0) is 13.8 Å². The minimum absolute atomic E-state index is 0.125. The van der Waals surface area contributed by atoms with Gasteiger partial charge >= 0.3 is 11.9 Å². The minimum atomic E-state index is -1.79. The van der Waals surface area contributed by atoms with Crippen LogP contribution in [0.15, 0.2) is 24.7 Å². The van der Waals surface area contributed by atoms with Gasteiger partial charge in [0.1, 0.15) is 0 Å². The van der Waals surface area contributed by atoms with Crippen molar-refractivity contribution in [3.63, 3.8) is 0 Å². The molecule has 0 fully saturated rings. The van der Waals surface area contributed by atoms with E-state index in [4.69, 9.17) is 30.3 Å². The molecule has 0 aromatic carbocycles. The van der Waals surface area contributed by atoms with Crippen molar-refractivity contribution in [1.82, 2.24) is 0 Å². The Labute approximate surface area is 117 Å². The Kier molecular flexibility index (Phi) is 22.6. The van der Waals surface area contributed by atoms with Gasteiger partial charge in [0, 0.05) is 0 Å². The SMILES string of the molecule is CC=COC=CC.O=C(O)CC(O)C(=O)O.OCCO. The Morgan fingerprint density at radius 3 is 1.60 bits per heavy atom. The molecule has 1 unspecified atom stereocenters. The molecule has 0 heterocycles. The second-order valence-electron chi connectivity index (χ2n) is 2.97. The highest BCUT2D eigenvalue weighted by atomic mass is 16.5. The van der Waals surface area contributed by atoms with Crippen molar-refractivity contribution in [2.75, 3.05) is 13.2 Å². The minimum Gasteiger partial charge on any atom is -0.481 e. The van der Waals surface area contributed by atoms with Gasteiger partial charge in [-0.15, -0.1) is 0 Å². The number of ether oxygens (including phenoxy) is 1. The van der Waals surface area contributed by atoms with Crippen LogP contribution in [0.3, 0.4) is 0 Å². The van der Waals surface area contributed by atoms with E-state index in [0.717, 1.165) is 0 Å². The molecule has 0 saturated carbocycles. The van der Waals surface area contributed by atoms with E-state index in [0.29, 0.717) is 0 Å². The first kappa shape index (κ1) is 23.2. The van der Waals surface area contributed by atoms with Crippen molar-refractivity contribution in [1.29, 1.82) is 0 Å². The maximum atomic E-state index is 9.72. The van der Waals surface area contributed by atoms with E-state index >= 15 is 0 Å². The highest BCUT2D eigenvalue weighted by Gasteiger charge is 2.16. The van der Waals surface area contributed by atoms with E-state index in [1.807, 2.05) is 26.0 Å². The average Bonchev–Trinajstić information content (AvgIpc) is 2.39. The van der Waals surface area contributed by atoms with E-state index in [-0.39, 0.29) is 13.2 Å². The molecule has 20 heavy (non-hydrogen) atoms. The topological polar surface area (TPSA) is 145 Å². The number of carboxylic acids is 2. The third-order valence-electron chi connectivity index (χ3n) is 1.18. The van der Waals surface area contributed by atoms with Crippen molar-refractivity contribution < 1.29 is 39.9 Å². The molecule has 0 saturated heterocycles. The number of carbonyl (C=O) groups is 2. The van der Waals surface area contributed by atoms with Gasteiger partial charge < -0.3 is 30.3 Å². The zero-order valence-electron chi connectivity index (χ0n) is 11.5. The monoisotopic (exact) mass is 294 g/mol. The summed E-state index contributed by atoms with van der Waals surface area (Å²) in [5, 5.41) is 39.4. The fourth-order valence-electron chi connectivity index (χ4n) is 0.455. The number of aliphatic carboxylic acids is 2. The molecule has 0 rings (SSSR count). The van der Waals surface area contributed by atoms with Crippen molar-refractivity contribution in [3.8, 4) is 0 Å². The summed E-state index contributed by atoms with van der Waals surface area (Å²) in [6.45, 7) is 3.56. The second-order valence-corrected chi connectivity index (χ2v) is 2.97. The fourth-order valence-corrected chi connectivity index (χ4v) is 0.455. The standard InChI is InChI=1S/C6H10O.C4H6O5.C2H6O2/c1-3-5-7-6-4-2;5-2(4(8)9)1-3(6)7;3-1-2-4/h3-6H,1-2H3;2,5H,1H2,(H,6,7)(H,8,9);3-4H,1-2H2. The zero-order valence-corrected chi connectivity index (χ0v) is 11.5. The van der Waals surface area contributed by atoms with E-state index in [2.05, 4.69) is 0 Å². The molecular weight excluding hydrogens is 272 g/mol. The Hall–Kier alpha value is -1.90. The summed E-state index contributed by atoms with van der Waals surface area (Å²) in [5.74, 6) is -2.85. The van der Waals surface area contributed by atoms with Gasteiger partial charge in [0.05, 0.1) is 32.2 Å². The molecule has 0 aliphatic carbocycles. The summed E-state index contributed by atoms with van der Waals surface area (Å²) < 4.78 is 4.77. The van der Waals surface area contributed by atoms with Gasteiger partial charge in [-0.3, -0.25) is 4.79 Å². The lowest BCUT2D eigenvalue weighted by molar-refractivity contribution is -0.152. The molecule has 0 aromatic heterocycles. The number of aliphatic hydroxyl groups is 3. The summed E-state index contributed by atoms with van der Waals surface area (Å²) in [4.78, 5) is 19.4. The number of allylic oxidation sites excluding steroid dienone is 2. The number of hydrogen-bond acceptors (Lipinski definition) is 6. The van der Waals surface area contributed by atoms with Crippen LogP contribution in [0.5, 0.6) is 0 Å². The lowest BCUT2D eigenvalue weighted by Crippen LogP contribution is -2.22. The van der Waals surface area contributed by atoms with Crippen LogP contribution < -0.4 is 0 Å². The molecule has 0 aliphatic rings. The number of carboxylic acid groups (broad SMARTS) is 2. The maximum absolute atomic E-state index is 9.72. The lowest BCUT2D eigenvalue weighted by Gasteiger charge is -1.97. The lowest BCUT2D eigenvalue weighted by atomic mass is 10.3. The number of hydrogen-bond donors (Lipinski definition) is 5. The van der Waals surface area contributed by atoms with Crippen molar-refractivity contribution in [2.45, 2.75) is 26.4 Å². The third-order valence-corrected chi connectivity index (χ3v) is 1.18. The van der Waals surface area contributed by atoms with E-state index in [9.17, 15) is 9.59 Å². The normalized spacial score (nSPS) is 11.1. The Morgan fingerprint density at radius 2 is 1.45 bits per heavy atom. The summed E-state index contributed by atoms with van der Waals surface area (Å²) >= 11 is 0. The van der Waals surface area contributed by atoms with Crippen LogP contribution in [0.2, 0.25) is 0 Å². The van der Waals surface area contributed by atoms with Gasteiger partial charge in [0.2, 0.25) is 0 Å². The summed E-state index contributed by atoms with van der Waals surface area (Å²) in [6.07, 6.45) is 4.37. The van der Waals surface area contributed by atoms with E-state index in [1.165, 1.54) is 0 Å². The van der Waals surface area contributed by atoms with Gasteiger partial charge in [0.25, 0.3) is 0 Å². The zero-order chi connectivity index (χ0) is 16.4. The first-order valence-corrected chi connectivity index (χ1v) is 5.59. The number of rotatable bonds is 6. The molecule has 0 aliphatic heterocycles. The van der Waals surface area contributed by atoms with Gasteiger partial charge in [-0.1, -0.05) is 12.2 Å². The predicted molar refractivity (Wildman–Crippen MR) is 70.8 cm³/mol. The van der Waals surface area contributed by atoms with Crippen LogP contribution in [0.1, 0.15) is 20.3 Å². The van der Waals surface area contributed by atoms with Crippen LogP contribution in [0, 0.1) is 0 Å². The summed E-state index contributed by atoms with van der Waals surface area (Å²) in [7, 11) is 0. The first-order chi connectivity index (χ1) is 9.37. The van der Waals surface area contributed by atoms with Crippen LogP contribution in [-0.2, 0) is 14.3 Å². The van der Waals surface area contributed by atoms with Crippen molar-refractivity contribution in [2.24, 2.45) is 0 Å². The molecule has 0 bridgehead atoms. The predicted octanol–water partition coefficient (Wildman–Crippen LogP) is -0.0522. The van der Waals surface area contributed by atoms with E-state index in [1.54, 1.807) is 12.5 Å². The molecule has 8 nitrogen and oxygen atoms in total. The summed E-state index contributed by atoms with van der Waals surface area (Å²) in [5.41, 5.74) is 0. The first-order valence-electron chi connectivity index (χ1n) is 5.59. The molecule has 5 N–H and O–H groups in total. The molecule has 0 radical (unpaired) electrons. The number of aliphatic hydroxyl groups excluding tert-OH is 3. The molecule has 8 heteroatoms. The molecule has 0 amide bonds. The van der Waals surface area contributed by atoms with Gasteiger partial charge in [-0.2, -0.15) is 0 Å². The average molecular weight is 294 g/mol. The van der Waals surface area contributed by atoms with Crippen molar-refractivity contribution in [3.05, 3.63) is 24.7 Å². The molecule has 0 spiro atoms. The van der Waals surface area contributed by atoms with E-state index < -0.39 is 24.5 Å². The Balaban J connectivity index is -0.000000234. The van der Waals surface area contributed by atoms with Gasteiger partial charge in [0.15, 0.2) is 6.10 Å². The molecule has 1 atom stereocenters. The van der Waals surface area contributed by atoms with Crippen LogP contribution in [0.4, 0.5) is 0 Å². The molecule has 118 valence electrons. The highest BCUT2D eigenvalue weighted by molar-refractivity contribution is 5.79. The van der Waals surface area contributed by atoms with Crippen LogP contribution in [0.25, 0.3) is 0 Å². The quantitative estimate of drug-likeness (QED) is 0.429. The van der Waals surface area contributed by atoms with Gasteiger partial charge in [-0.25, -0.2) is 4.79 Å². The molecule has 0 aromatic rings. The Bertz CT molecular complexity index is 273. The summed E-state index contributed by atoms with van der Waals surface area (Å²) in [6, 6.07) is 0. The second kappa shape index (κ2) is 19.4. The smallest absolute Gasteiger partial charge is 0.333 e. The molecular formula is C12H22O8.